The van der Waals surface area contributed by atoms with Gasteiger partial charge in [-0.05, 0) is 30.3 Å². The molecule has 0 radical (unpaired) electrons. The molecule has 0 bridgehead atoms. The molecule has 1 aromatic carbocycles. The molecule has 1 heterocycles. The standard InChI is InChI=1S/C13H9ClO3/c14-11-5-1-2-6-12(11)17-13(15)8-7-10-4-3-9-16-10/h1-9H. The summed E-state index contributed by atoms with van der Waals surface area (Å²) in [5.41, 5.74) is 0. The van der Waals surface area contributed by atoms with E-state index in [-0.39, 0.29) is 0 Å². The number of hydrogen-bond acceptors (Lipinski definition) is 3. The Balaban J connectivity index is 2.01. The first-order valence-electron chi connectivity index (χ1n) is 4.93. The van der Waals surface area contributed by atoms with E-state index in [0.29, 0.717) is 16.5 Å². The van der Waals surface area contributed by atoms with E-state index in [1.165, 1.54) is 18.4 Å². The fraction of sp³-hybridized carbons (Fsp3) is 0. The van der Waals surface area contributed by atoms with Gasteiger partial charge in [0.15, 0.2) is 0 Å². The maximum absolute atomic E-state index is 11.5. The number of halogens is 1. The quantitative estimate of drug-likeness (QED) is 0.474. The number of para-hydroxylation sites is 1. The molecule has 0 fully saturated rings. The minimum absolute atomic E-state index is 0.336. The Bertz CT molecular complexity index is 529. The van der Waals surface area contributed by atoms with Crippen molar-refractivity contribution in [2.75, 3.05) is 0 Å². The van der Waals surface area contributed by atoms with E-state index in [9.17, 15) is 4.79 Å². The van der Waals surface area contributed by atoms with Crippen LogP contribution in [0.4, 0.5) is 0 Å². The van der Waals surface area contributed by atoms with Gasteiger partial charge in [0.25, 0.3) is 0 Å². The van der Waals surface area contributed by atoms with Gasteiger partial charge in [0.1, 0.15) is 11.5 Å². The van der Waals surface area contributed by atoms with Gasteiger partial charge in [0, 0.05) is 6.08 Å². The van der Waals surface area contributed by atoms with Crippen LogP contribution in [-0.2, 0) is 4.79 Å². The topological polar surface area (TPSA) is 39.4 Å². The highest BCUT2D eigenvalue weighted by molar-refractivity contribution is 6.32. The average molecular weight is 249 g/mol. The lowest BCUT2D eigenvalue weighted by molar-refractivity contribution is -0.128. The summed E-state index contributed by atoms with van der Waals surface area (Å²) in [4.78, 5) is 11.5. The molecule has 0 unspecified atom stereocenters. The molecule has 0 aliphatic heterocycles. The number of carbonyl (C=O) groups is 1. The zero-order valence-electron chi connectivity index (χ0n) is 8.80. The lowest BCUT2D eigenvalue weighted by atomic mass is 10.3. The third kappa shape index (κ3) is 3.23. The van der Waals surface area contributed by atoms with Crippen molar-refractivity contribution in [1.82, 2.24) is 0 Å². The normalized spacial score (nSPS) is 10.6. The highest BCUT2D eigenvalue weighted by Crippen LogP contribution is 2.23. The van der Waals surface area contributed by atoms with Crippen LogP contribution >= 0.6 is 11.6 Å². The molecule has 0 saturated heterocycles. The second kappa shape index (κ2) is 5.37. The molecule has 0 aliphatic rings. The number of carbonyl (C=O) groups excluding carboxylic acids is 1. The van der Waals surface area contributed by atoms with Crippen LogP contribution in [0.25, 0.3) is 6.08 Å². The fourth-order valence-corrected chi connectivity index (χ4v) is 1.38. The van der Waals surface area contributed by atoms with Crippen molar-refractivity contribution in [3.63, 3.8) is 0 Å². The van der Waals surface area contributed by atoms with E-state index in [1.807, 2.05) is 0 Å². The highest BCUT2D eigenvalue weighted by atomic mass is 35.5. The first-order chi connectivity index (χ1) is 8.25. The summed E-state index contributed by atoms with van der Waals surface area (Å²) in [7, 11) is 0. The molecule has 2 rings (SSSR count). The van der Waals surface area contributed by atoms with E-state index in [1.54, 1.807) is 36.4 Å². The highest BCUT2D eigenvalue weighted by Gasteiger charge is 2.04. The Morgan fingerprint density at radius 3 is 2.76 bits per heavy atom. The Hall–Kier alpha value is -2.00. The van der Waals surface area contributed by atoms with Crippen LogP contribution < -0.4 is 4.74 Å². The smallest absolute Gasteiger partial charge is 0.336 e. The lowest BCUT2D eigenvalue weighted by Gasteiger charge is -2.02. The largest absolute Gasteiger partial charge is 0.465 e. The number of ether oxygens (including phenoxy) is 1. The first-order valence-corrected chi connectivity index (χ1v) is 5.31. The van der Waals surface area contributed by atoms with Gasteiger partial charge in [-0.2, -0.15) is 0 Å². The molecule has 0 spiro atoms. The average Bonchev–Trinajstić information content (AvgIpc) is 2.82. The summed E-state index contributed by atoms with van der Waals surface area (Å²) in [6.45, 7) is 0. The number of rotatable bonds is 3. The van der Waals surface area contributed by atoms with Gasteiger partial charge in [0.05, 0.1) is 11.3 Å². The zero-order chi connectivity index (χ0) is 12.1. The minimum Gasteiger partial charge on any atom is -0.465 e. The van der Waals surface area contributed by atoms with Crippen molar-refractivity contribution in [3.8, 4) is 5.75 Å². The third-order valence-corrected chi connectivity index (χ3v) is 2.29. The van der Waals surface area contributed by atoms with Crippen LogP contribution in [0.5, 0.6) is 5.75 Å². The van der Waals surface area contributed by atoms with E-state index >= 15 is 0 Å². The Kier molecular flexibility index (Phi) is 3.62. The molecule has 86 valence electrons. The molecule has 0 saturated carbocycles. The Labute approximate surface area is 103 Å². The number of esters is 1. The first kappa shape index (κ1) is 11.5. The minimum atomic E-state index is -0.505. The van der Waals surface area contributed by atoms with Crippen molar-refractivity contribution in [2.24, 2.45) is 0 Å². The Morgan fingerprint density at radius 1 is 1.24 bits per heavy atom. The second-order valence-electron chi connectivity index (χ2n) is 3.20. The summed E-state index contributed by atoms with van der Waals surface area (Å²) < 4.78 is 10.1. The van der Waals surface area contributed by atoms with E-state index in [4.69, 9.17) is 20.8 Å². The van der Waals surface area contributed by atoms with Gasteiger partial charge in [-0.1, -0.05) is 23.7 Å². The lowest BCUT2D eigenvalue weighted by Crippen LogP contribution is -2.03. The van der Waals surface area contributed by atoms with Crippen molar-refractivity contribution >= 4 is 23.6 Å². The van der Waals surface area contributed by atoms with Crippen LogP contribution in [0.2, 0.25) is 5.02 Å². The van der Waals surface area contributed by atoms with E-state index in [2.05, 4.69) is 0 Å². The van der Waals surface area contributed by atoms with Gasteiger partial charge in [-0.15, -0.1) is 0 Å². The molecule has 0 aliphatic carbocycles. The summed E-state index contributed by atoms with van der Waals surface area (Å²) >= 11 is 5.85. The molecule has 1 aromatic heterocycles. The second-order valence-corrected chi connectivity index (χ2v) is 3.61. The molecule has 0 N–H and O–H groups in total. The summed E-state index contributed by atoms with van der Waals surface area (Å²) in [6, 6.07) is 10.3. The molecular weight excluding hydrogens is 240 g/mol. The molecule has 4 heteroatoms. The predicted octanol–water partition coefficient (Wildman–Crippen LogP) is 3.55. The van der Waals surface area contributed by atoms with Crippen molar-refractivity contribution in [1.29, 1.82) is 0 Å². The molecular formula is C13H9ClO3. The van der Waals surface area contributed by atoms with Crippen LogP contribution in [-0.4, -0.2) is 5.97 Å². The summed E-state index contributed by atoms with van der Waals surface area (Å²) in [6.07, 6.45) is 4.33. The van der Waals surface area contributed by atoms with Crippen LogP contribution in [0.3, 0.4) is 0 Å². The van der Waals surface area contributed by atoms with Crippen LogP contribution in [0.1, 0.15) is 5.76 Å². The van der Waals surface area contributed by atoms with Crippen LogP contribution in [0, 0.1) is 0 Å². The molecule has 3 nitrogen and oxygen atoms in total. The van der Waals surface area contributed by atoms with Gasteiger partial charge < -0.3 is 9.15 Å². The third-order valence-electron chi connectivity index (χ3n) is 1.97. The van der Waals surface area contributed by atoms with E-state index in [0.717, 1.165) is 0 Å². The van der Waals surface area contributed by atoms with Gasteiger partial charge in [0.2, 0.25) is 0 Å². The maximum atomic E-state index is 11.5. The maximum Gasteiger partial charge on any atom is 0.336 e. The van der Waals surface area contributed by atoms with E-state index < -0.39 is 5.97 Å². The fourth-order valence-electron chi connectivity index (χ4n) is 1.21. The zero-order valence-corrected chi connectivity index (χ0v) is 9.55. The predicted molar refractivity (Wildman–Crippen MR) is 64.8 cm³/mol. The Morgan fingerprint density at radius 2 is 2.06 bits per heavy atom. The molecule has 2 aromatic rings. The monoisotopic (exact) mass is 248 g/mol. The summed E-state index contributed by atoms with van der Waals surface area (Å²) in [5.74, 6) is 0.416. The van der Waals surface area contributed by atoms with Gasteiger partial charge in [-0.25, -0.2) is 4.79 Å². The van der Waals surface area contributed by atoms with Crippen molar-refractivity contribution < 1.29 is 13.9 Å². The van der Waals surface area contributed by atoms with Gasteiger partial charge >= 0.3 is 5.97 Å². The van der Waals surface area contributed by atoms with Crippen molar-refractivity contribution in [2.45, 2.75) is 0 Å². The summed E-state index contributed by atoms with van der Waals surface area (Å²) in [5, 5.41) is 0.396. The number of furan rings is 1. The molecule has 0 amide bonds. The number of benzene rings is 1. The van der Waals surface area contributed by atoms with Gasteiger partial charge in [-0.3, -0.25) is 0 Å². The number of hydrogen-bond donors (Lipinski definition) is 0. The molecule has 0 atom stereocenters. The molecule has 17 heavy (non-hydrogen) atoms. The van der Waals surface area contributed by atoms with Crippen molar-refractivity contribution in [3.05, 3.63) is 59.5 Å². The van der Waals surface area contributed by atoms with Crippen LogP contribution in [0.15, 0.2) is 53.2 Å². The SMILES string of the molecule is O=C(C=Cc1ccco1)Oc1ccccc1Cl.